The Morgan fingerprint density at radius 1 is 1.63 bits per heavy atom. The molecule has 1 aliphatic rings. The maximum absolute atomic E-state index is 11.5. The van der Waals surface area contributed by atoms with E-state index in [4.69, 9.17) is 0 Å². The summed E-state index contributed by atoms with van der Waals surface area (Å²) in [6, 6.07) is 3.31. The first-order chi connectivity index (χ1) is 9.06. The smallest absolute Gasteiger partial charge is 0.326 e. The van der Waals surface area contributed by atoms with Crippen LogP contribution < -0.4 is 4.90 Å². The molecule has 19 heavy (non-hydrogen) atoms. The Bertz CT molecular complexity index is 536. The average molecular weight is 259 g/mol. The molecule has 100 valence electrons. The van der Waals surface area contributed by atoms with Gasteiger partial charge in [-0.05, 0) is 37.3 Å². The molecule has 1 saturated heterocycles. The first kappa shape index (κ1) is 13.3. The minimum atomic E-state index is -0.848. The van der Waals surface area contributed by atoms with Crippen molar-refractivity contribution >= 4 is 11.8 Å². The Balaban J connectivity index is 2.47. The quantitative estimate of drug-likeness (QED) is 0.878. The van der Waals surface area contributed by atoms with Crippen molar-refractivity contribution in [3.05, 3.63) is 23.4 Å². The van der Waals surface area contributed by atoms with E-state index < -0.39 is 12.0 Å². The highest BCUT2D eigenvalue weighted by Gasteiger charge is 2.36. The van der Waals surface area contributed by atoms with Gasteiger partial charge in [0, 0.05) is 12.7 Å². The van der Waals surface area contributed by atoms with Crippen LogP contribution in [0.4, 0.5) is 5.82 Å². The molecule has 1 aromatic heterocycles. The lowest BCUT2D eigenvalue weighted by atomic mass is 9.90. The van der Waals surface area contributed by atoms with Crippen molar-refractivity contribution in [3.63, 3.8) is 0 Å². The zero-order chi connectivity index (χ0) is 14.0. The minimum absolute atomic E-state index is 0.0557. The van der Waals surface area contributed by atoms with Gasteiger partial charge < -0.3 is 10.0 Å². The van der Waals surface area contributed by atoms with Gasteiger partial charge in [0.05, 0.1) is 5.56 Å². The van der Waals surface area contributed by atoms with Gasteiger partial charge in [-0.2, -0.15) is 5.26 Å². The molecule has 2 rings (SSSR count). The molecule has 0 radical (unpaired) electrons. The van der Waals surface area contributed by atoms with Crippen LogP contribution in [-0.4, -0.2) is 28.6 Å². The zero-order valence-electron chi connectivity index (χ0n) is 11.1. The summed E-state index contributed by atoms with van der Waals surface area (Å²) in [5, 5.41) is 18.7. The zero-order valence-corrected chi connectivity index (χ0v) is 11.1. The normalized spacial score (nSPS) is 22.9. The highest BCUT2D eigenvalue weighted by Crippen LogP contribution is 2.30. The van der Waals surface area contributed by atoms with Gasteiger partial charge in [0.15, 0.2) is 0 Å². The lowest BCUT2D eigenvalue weighted by Crippen LogP contribution is -2.50. The largest absolute Gasteiger partial charge is 0.480 e. The molecule has 1 aromatic rings. The number of rotatable bonds is 2. The van der Waals surface area contributed by atoms with Crippen LogP contribution in [0.15, 0.2) is 12.3 Å². The summed E-state index contributed by atoms with van der Waals surface area (Å²) in [5.41, 5.74) is 1.30. The van der Waals surface area contributed by atoms with Crippen molar-refractivity contribution < 1.29 is 9.90 Å². The molecule has 5 nitrogen and oxygen atoms in total. The number of piperidine rings is 1. The van der Waals surface area contributed by atoms with Crippen molar-refractivity contribution in [3.8, 4) is 6.07 Å². The van der Waals surface area contributed by atoms with E-state index in [1.54, 1.807) is 17.2 Å². The standard InChI is InChI=1S/C14H17N3O2/c1-9-5-6-16-13(11(9)8-15)17-7-3-4-10(2)12(17)14(18)19/h5-6,10,12H,3-4,7H2,1-2H3,(H,18,19). The SMILES string of the molecule is Cc1ccnc(N2CCCC(C)C2C(=O)O)c1C#N. The summed E-state index contributed by atoms with van der Waals surface area (Å²) < 4.78 is 0. The first-order valence-electron chi connectivity index (χ1n) is 6.41. The number of nitriles is 1. The van der Waals surface area contributed by atoms with Crippen molar-refractivity contribution in [1.29, 1.82) is 5.26 Å². The first-order valence-corrected chi connectivity index (χ1v) is 6.41. The van der Waals surface area contributed by atoms with Crippen LogP contribution in [0.5, 0.6) is 0 Å². The highest BCUT2D eigenvalue weighted by molar-refractivity contribution is 5.79. The van der Waals surface area contributed by atoms with Gasteiger partial charge in [-0.25, -0.2) is 9.78 Å². The monoisotopic (exact) mass is 259 g/mol. The van der Waals surface area contributed by atoms with Crippen molar-refractivity contribution in [2.45, 2.75) is 32.7 Å². The third kappa shape index (κ3) is 2.39. The summed E-state index contributed by atoms with van der Waals surface area (Å²) in [4.78, 5) is 17.5. The van der Waals surface area contributed by atoms with Crippen LogP contribution in [0.1, 0.15) is 30.9 Å². The van der Waals surface area contributed by atoms with E-state index in [-0.39, 0.29) is 5.92 Å². The molecule has 2 atom stereocenters. The second-order valence-corrected chi connectivity index (χ2v) is 5.03. The third-order valence-corrected chi connectivity index (χ3v) is 3.71. The maximum atomic E-state index is 11.5. The summed E-state index contributed by atoms with van der Waals surface area (Å²) in [6.07, 6.45) is 3.44. The van der Waals surface area contributed by atoms with E-state index in [1.807, 2.05) is 13.8 Å². The predicted molar refractivity (Wildman–Crippen MR) is 70.9 cm³/mol. The molecule has 0 amide bonds. The molecular formula is C14H17N3O2. The number of carboxylic acids is 1. The fourth-order valence-corrected chi connectivity index (χ4v) is 2.70. The lowest BCUT2D eigenvalue weighted by molar-refractivity contribution is -0.140. The van der Waals surface area contributed by atoms with Crippen LogP contribution >= 0.6 is 0 Å². The average Bonchev–Trinajstić information content (AvgIpc) is 2.37. The Morgan fingerprint density at radius 2 is 2.37 bits per heavy atom. The Labute approximate surface area is 112 Å². The number of carbonyl (C=O) groups is 1. The second kappa shape index (κ2) is 5.27. The van der Waals surface area contributed by atoms with Gasteiger partial charge in [0.25, 0.3) is 0 Å². The maximum Gasteiger partial charge on any atom is 0.326 e. The molecule has 0 aliphatic carbocycles. The number of aromatic nitrogens is 1. The van der Waals surface area contributed by atoms with Gasteiger partial charge in [0.1, 0.15) is 17.9 Å². The summed E-state index contributed by atoms with van der Waals surface area (Å²) in [5.74, 6) is -0.291. The van der Waals surface area contributed by atoms with Crippen LogP contribution in [-0.2, 0) is 4.79 Å². The van der Waals surface area contributed by atoms with Crippen molar-refractivity contribution in [2.75, 3.05) is 11.4 Å². The number of aryl methyl sites for hydroxylation is 1. The van der Waals surface area contributed by atoms with Gasteiger partial charge >= 0.3 is 5.97 Å². The molecular weight excluding hydrogens is 242 g/mol. The Hall–Kier alpha value is -2.09. The molecule has 0 saturated carbocycles. The van der Waals surface area contributed by atoms with Crippen LogP contribution in [0.2, 0.25) is 0 Å². The number of aliphatic carboxylic acids is 1. The molecule has 2 heterocycles. The van der Waals surface area contributed by atoms with E-state index in [0.29, 0.717) is 17.9 Å². The molecule has 1 N–H and O–H groups in total. The number of hydrogen-bond donors (Lipinski definition) is 1. The molecule has 1 fully saturated rings. The number of carboxylic acid groups (broad SMARTS) is 1. The molecule has 1 aliphatic heterocycles. The Kier molecular flexibility index (Phi) is 3.70. The number of pyridine rings is 1. The van der Waals surface area contributed by atoms with E-state index in [1.165, 1.54) is 0 Å². The molecule has 0 spiro atoms. The van der Waals surface area contributed by atoms with Crippen molar-refractivity contribution in [1.82, 2.24) is 4.98 Å². The topological polar surface area (TPSA) is 77.2 Å². The number of nitrogens with zero attached hydrogens (tertiary/aromatic N) is 3. The molecule has 5 heteroatoms. The molecule has 0 bridgehead atoms. The van der Waals surface area contributed by atoms with Crippen LogP contribution in [0.3, 0.4) is 0 Å². The van der Waals surface area contributed by atoms with Gasteiger partial charge in [-0.1, -0.05) is 6.92 Å². The molecule has 0 aromatic carbocycles. The number of anilines is 1. The van der Waals surface area contributed by atoms with Crippen LogP contribution in [0, 0.1) is 24.2 Å². The van der Waals surface area contributed by atoms with E-state index in [0.717, 1.165) is 18.4 Å². The fourth-order valence-electron chi connectivity index (χ4n) is 2.70. The van der Waals surface area contributed by atoms with E-state index >= 15 is 0 Å². The minimum Gasteiger partial charge on any atom is -0.480 e. The van der Waals surface area contributed by atoms with E-state index in [9.17, 15) is 15.2 Å². The summed E-state index contributed by atoms with van der Waals surface area (Å²) in [7, 11) is 0. The molecule has 2 unspecified atom stereocenters. The highest BCUT2D eigenvalue weighted by atomic mass is 16.4. The van der Waals surface area contributed by atoms with Gasteiger partial charge in [0.2, 0.25) is 0 Å². The predicted octanol–water partition coefficient (Wildman–Crippen LogP) is 1.95. The second-order valence-electron chi connectivity index (χ2n) is 5.03. The fraction of sp³-hybridized carbons (Fsp3) is 0.500. The summed E-state index contributed by atoms with van der Waals surface area (Å²) >= 11 is 0. The lowest BCUT2D eigenvalue weighted by Gasteiger charge is -2.38. The summed E-state index contributed by atoms with van der Waals surface area (Å²) in [6.45, 7) is 4.41. The van der Waals surface area contributed by atoms with Crippen LogP contribution in [0.25, 0.3) is 0 Å². The van der Waals surface area contributed by atoms with E-state index in [2.05, 4.69) is 11.1 Å². The Morgan fingerprint density at radius 3 is 3.00 bits per heavy atom. The van der Waals surface area contributed by atoms with Gasteiger partial charge in [-0.15, -0.1) is 0 Å². The third-order valence-electron chi connectivity index (χ3n) is 3.71. The van der Waals surface area contributed by atoms with Crippen molar-refractivity contribution in [2.24, 2.45) is 5.92 Å². The number of hydrogen-bond acceptors (Lipinski definition) is 4. The van der Waals surface area contributed by atoms with Gasteiger partial charge in [-0.3, -0.25) is 0 Å².